The molecule has 4 aliphatic rings. The van der Waals surface area contributed by atoms with Crippen molar-refractivity contribution >= 4 is 27.5 Å². The Labute approximate surface area is 133 Å². The van der Waals surface area contributed by atoms with Gasteiger partial charge >= 0.3 is 0 Å². The summed E-state index contributed by atoms with van der Waals surface area (Å²) in [6, 6.07) is 4.20. The van der Waals surface area contributed by atoms with E-state index in [1.807, 2.05) is 0 Å². The van der Waals surface area contributed by atoms with Crippen LogP contribution >= 0.6 is 27.5 Å². The molecule has 5 rings (SSSR count). The monoisotopic (exact) mass is 352 g/mol. The molecule has 2 bridgehead atoms. The SMILES string of the molecule is Clc1cc2c(c(C(Br)C3C4C5CCC(C5)C43)c1)OCC2. The van der Waals surface area contributed by atoms with Crippen molar-refractivity contribution in [3.8, 4) is 5.75 Å². The minimum absolute atomic E-state index is 0.437. The predicted molar refractivity (Wildman–Crippen MR) is 83.6 cm³/mol. The molecule has 106 valence electrons. The highest BCUT2D eigenvalue weighted by Crippen LogP contribution is 2.73. The average molecular weight is 354 g/mol. The van der Waals surface area contributed by atoms with E-state index in [1.54, 1.807) is 0 Å². The number of ether oxygens (including phenoxy) is 1. The summed E-state index contributed by atoms with van der Waals surface area (Å²) in [5.74, 6) is 5.94. The van der Waals surface area contributed by atoms with Crippen LogP contribution in [-0.2, 0) is 6.42 Å². The molecule has 3 aliphatic carbocycles. The van der Waals surface area contributed by atoms with Gasteiger partial charge in [0, 0.05) is 21.8 Å². The standard InChI is InChI=1S/C17H18BrClO/c18-16(15-13-8-1-2-9(5-8)14(13)15)12-7-11(19)6-10-3-4-20-17(10)12/h6-9,13-16H,1-5H2. The molecule has 1 aromatic rings. The molecule has 0 saturated heterocycles. The van der Waals surface area contributed by atoms with E-state index in [-0.39, 0.29) is 0 Å². The third-order valence-electron chi connectivity index (χ3n) is 6.21. The third kappa shape index (κ3) is 1.56. The Morgan fingerprint density at radius 1 is 1.20 bits per heavy atom. The van der Waals surface area contributed by atoms with Crippen LogP contribution in [-0.4, -0.2) is 6.61 Å². The molecule has 1 heterocycles. The molecule has 5 unspecified atom stereocenters. The fourth-order valence-electron chi connectivity index (χ4n) is 5.49. The number of halogens is 2. The second kappa shape index (κ2) is 4.16. The van der Waals surface area contributed by atoms with Gasteiger partial charge < -0.3 is 4.74 Å². The molecule has 20 heavy (non-hydrogen) atoms. The fraction of sp³-hybridized carbons (Fsp3) is 0.647. The maximum atomic E-state index is 6.31. The van der Waals surface area contributed by atoms with E-state index in [9.17, 15) is 0 Å². The Balaban J connectivity index is 1.49. The van der Waals surface area contributed by atoms with Gasteiger partial charge in [-0.3, -0.25) is 0 Å². The van der Waals surface area contributed by atoms with E-state index in [2.05, 4.69) is 28.1 Å². The number of fused-ring (bicyclic) bond motifs is 6. The first-order chi connectivity index (χ1) is 9.74. The number of hydrogen-bond acceptors (Lipinski definition) is 1. The van der Waals surface area contributed by atoms with Crippen LogP contribution < -0.4 is 4.74 Å². The Hall–Kier alpha value is -0.210. The zero-order chi connectivity index (χ0) is 13.4. The van der Waals surface area contributed by atoms with Gasteiger partial charge in [0.15, 0.2) is 0 Å². The highest BCUT2D eigenvalue weighted by atomic mass is 79.9. The van der Waals surface area contributed by atoms with Crippen LogP contribution in [0.4, 0.5) is 0 Å². The summed E-state index contributed by atoms with van der Waals surface area (Å²) in [5, 5.41) is 0.863. The topological polar surface area (TPSA) is 9.23 Å². The summed E-state index contributed by atoms with van der Waals surface area (Å²) in [6.07, 6.45) is 5.47. The van der Waals surface area contributed by atoms with Crippen molar-refractivity contribution in [2.75, 3.05) is 6.61 Å². The van der Waals surface area contributed by atoms with Gasteiger partial charge in [0.25, 0.3) is 0 Å². The van der Waals surface area contributed by atoms with Crippen LogP contribution in [0.25, 0.3) is 0 Å². The molecule has 1 nitrogen and oxygen atoms in total. The molecular weight excluding hydrogens is 336 g/mol. The van der Waals surface area contributed by atoms with E-state index < -0.39 is 0 Å². The predicted octanol–water partition coefficient (Wildman–Crippen LogP) is 5.00. The van der Waals surface area contributed by atoms with Crippen molar-refractivity contribution in [3.05, 3.63) is 28.3 Å². The summed E-state index contributed by atoms with van der Waals surface area (Å²) >= 11 is 10.3. The number of rotatable bonds is 2. The third-order valence-corrected chi connectivity index (χ3v) is 7.53. The lowest BCUT2D eigenvalue weighted by Crippen LogP contribution is -2.05. The largest absolute Gasteiger partial charge is 0.493 e. The molecule has 0 aromatic heterocycles. The molecule has 5 atom stereocenters. The quantitative estimate of drug-likeness (QED) is 0.680. The molecule has 3 fully saturated rings. The second-order valence-electron chi connectivity index (χ2n) is 7.05. The molecule has 0 amide bonds. The Bertz CT molecular complexity index is 571. The van der Waals surface area contributed by atoms with E-state index in [0.717, 1.165) is 53.4 Å². The first kappa shape index (κ1) is 12.3. The lowest BCUT2D eigenvalue weighted by molar-refractivity contribution is 0.351. The summed E-state index contributed by atoms with van der Waals surface area (Å²) in [4.78, 5) is 0.437. The van der Waals surface area contributed by atoms with E-state index in [0.29, 0.717) is 4.83 Å². The lowest BCUT2D eigenvalue weighted by atomic mass is 9.95. The maximum absolute atomic E-state index is 6.31. The summed E-state index contributed by atoms with van der Waals surface area (Å²) in [6.45, 7) is 0.811. The molecule has 0 spiro atoms. The van der Waals surface area contributed by atoms with Crippen LogP contribution in [0.15, 0.2) is 12.1 Å². The van der Waals surface area contributed by atoms with E-state index in [1.165, 1.54) is 30.4 Å². The molecule has 0 N–H and O–H groups in total. The second-order valence-corrected chi connectivity index (χ2v) is 8.47. The first-order valence-electron chi connectivity index (χ1n) is 7.83. The minimum atomic E-state index is 0.437. The van der Waals surface area contributed by atoms with Gasteiger partial charge in [0.2, 0.25) is 0 Å². The van der Waals surface area contributed by atoms with Gasteiger partial charge in [-0.1, -0.05) is 27.5 Å². The Morgan fingerprint density at radius 3 is 2.70 bits per heavy atom. The number of benzene rings is 1. The van der Waals surface area contributed by atoms with Crippen molar-refractivity contribution in [1.29, 1.82) is 0 Å². The van der Waals surface area contributed by atoms with Crippen molar-refractivity contribution in [2.45, 2.75) is 30.5 Å². The fourth-order valence-corrected chi connectivity index (χ4v) is 6.79. The first-order valence-corrected chi connectivity index (χ1v) is 9.12. The summed E-state index contributed by atoms with van der Waals surface area (Å²) < 4.78 is 5.89. The van der Waals surface area contributed by atoms with Crippen molar-refractivity contribution in [2.24, 2.45) is 29.6 Å². The maximum Gasteiger partial charge on any atom is 0.127 e. The van der Waals surface area contributed by atoms with Crippen molar-refractivity contribution < 1.29 is 4.74 Å². The van der Waals surface area contributed by atoms with Crippen LogP contribution in [0.5, 0.6) is 5.75 Å². The average Bonchev–Trinajstić information content (AvgIpc) is 2.84. The van der Waals surface area contributed by atoms with Gasteiger partial charge in [-0.15, -0.1) is 0 Å². The molecule has 1 aromatic carbocycles. The van der Waals surface area contributed by atoms with Crippen LogP contribution in [0.3, 0.4) is 0 Å². The Morgan fingerprint density at radius 2 is 1.95 bits per heavy atom. The lowest BCUT2D eigenvalue weighted by Gasteiger charge is -2.18. The molecular formula is C17H18BrClO. The van der Waals surface area contributed by atoms with E-state index >= 15 is 0 Å². The van der Waals surface area contributed by atoms with Crippen LogP contribution in [0.2, 0.25) is 5.02 Å². The smallest absolute Gasteiger partial charge is 0.127 e. The zero-order valence-corrected chi connectivity index (χ0v) is 13.7. The van der Waals surface area contributed by atoms with Gasteiger partial charge in [-0.05, 0) is 66.5 Å². The number of alkyl halides is 1. The van der Waals surface area contributed by atoms with Crippen LogP contribution in [0, 0.1) is 29.6 Å². The van der Waals surface area contributed by atoms with Crippen LogP contribution in [0.1, 0.15) is 35.2 Å². The van der Waals surface area contributed by atoms with Gasteiger partial charge in [0.05, 0.1) is 6.61 Å². The van der Waals surface area contributed by atoms with Gasteiger partial charge in [-0.2, -0.15) is 0 Å². The van der Waals surface area contributed by atoms with Crippen molar-refractivity contribution in [1.82, 2.24) is 0 Å². The number of hydrogen-bond donors (Lipinski definition) is 0. The van der Waals surface area contributed by atoms with E-state index in [4.69, 9.17) is 16.3 Å². The molecule has 0 radical (unpaired) electrons. The highest BCUT2D eigenvalue weighted by molar-refractivity contribution is 9.09. The minimum Gasteiger partial charge on any atom is -0.493 e. The zero-order valence-electron chi connectivity index (χ0n) is 11.3. The Kier molecular flexibility index (Phi) is 2.57. The molecule has 3 saturated carbocycles. The van der Waals surface area contributed by atoms with Gasteiger partial charge in [0.1, 0.15) is 5.75 Å². The highest BCUT2D eigenvalue weighted by Gasteiger charge is 2.66. The van der Waals surface area contributed by atoms with Crippen molar-refractivity contribution in [3.63, 3.8) is 0 Å². The van der Waals surface area contributed by atoms with Gasteiger partial charge in [-0.25, -0.2) is 0 Å². The molecule has 1 aliphatic heterocycles. The summed E-state index contributed by atoms with van der Waals surface area (Å²) in [7, 11) is 0. The summed E-state index contributed by atoms with van der Waals surface area (Å²) in [5.41, 5.74) is 2.61. The molecule has 3 heteroatoms. The normalized spacial score (nSPS) is 41.2.